The second-order valence-electron chi connectivity index (χ2n) is 6.39. The molecule has 0 saturated heterocycles. The number of carbonyl (C=O) groups excluding carboxylic acids is 1. The normalized spacial score (nSPS) is 11.7. The predicted molar refractivity (Wildman–Crippen MR) is 89.3 cm³/mol. The van der Waals surface area contributed by atoms with Crippen LogP contribution in [0.25, 0.3) is 22.3 Å². The average Bonchev–Trinajstić information content (AvgIpc) is 2.85. The smallest absolute Gasteiger partial charge is 0.419 e. The molecular formula is C18H19N3O2. The van der Waals surface area contributed by atoms with Gasteiger partial charge in [-0.3, -0.25) is 9.97 Å². The maximum Gasteiger partial charge on any atom is 0.419 e. The van der Waals surface area contributed by atoms with Gasteiger partial charge in [0.05, 0.1) is 16.9 Å². The molecule has 0 spiro atoms. The zero-order valence-electron chi connectivity index (χ0n) is 13.7. The van der Waals surface area contributed by atoms with Crippen LogP contribution in [0.15, 0.2) is 42.7 Å². The number of aromatic nitrogens is 3. The first-order valence-electron chi connectivity index (χ1n) is 7.48. The molecule has 118 valence electrons. The molecule has 0 radical (unpaired) electrons. The fourth-order valence-corrected chi connectivity index (χ4v) is 2.49. The molecule has 5 nitrogen and oxygen atoms in total. The van der Waals surface area contributed by atoms with Crippen LogP contribution in [-0.2, 0) is 4.74 Å². The topological polar surface area (TPSA) is 57.0 Å². The molecule has 0 saturated carbocycles. The Bertz CT molecular complexity index is 875. The molecule has 0 amide bonds. The van der Waals surface area contributed by atoms with Crippen LogP contribution in [0.2, 0.25) is 0 Å². The van der Waals surface area contributed by atoms with E-state index in [2.05, 4.69) is 9.97 Å². The number of hydrogen-bond donors (Lipinski definition) is 0. The molecule has 2 aromatic heterocycles. The van der Waals surface area contributed by atoms with E-state index >= 15 is 0 Å². The van der Waals surface area contributed by atoms with Crippen molar-refractivity contribution in [1.29, 1.82) is 0 Å². The van der Waals surface area contributed by atoms with Crippen molar-refractivity contribution in [2.24, 2.45) is 0 Å². The van der Waals surface area contributed by atoms with E-state index in [-0.39, 0.29) is 0 Å². The number of para-hydroxylation sites is 1. The van der Waals surface area contributed by atoms with Crippen LogP contribution in [0, 0.1) is 6.92 Å². The van der Waals surface area contributed by atoms with Gasteiger partial charge in [-0.2, -0.15) is 0 Å². The van der Waals surface area contributed by atoms with Gasteiger partial charge in [-0.05, 0) is 39.8 Å². The standard InChI is InChI=1S/C18H19N3O2/c1-12-16(20-10-9-19-12)15-11-13-7-5-6-8-14(13)21(15)17(22)23-18(2,3)4/h5-11H,1-4H3. The summed E-state index contributed by atoms with van der Waals surface area (Å²) in [6.07, 6.45) is 2.84. The molecule has 0 bridgehead atoms. The zero-order valence-corrected chi connectivity index (χ0v) is 13.7. The Morgan fingerprint density at radius 2 is 1.83 bits per heavy atom. The van der Waals surface area contributed by atoms with Crippen molar-refractivity contribution < 1.29 is 9.53 Å². The lowest BCUT2D eigenvalue weighted by Crippen LogP contribution is -2.27. The number of nitrogens with zero attached hydrogens (tertiary/aromatic N) is 3. The number of benzene rings is 1. The van der Waals surface area contributed by atoms with E-state index in [0.29, 0.717) is 11.4 Å². The Hall–Kier alpha value is -2.69. The van der Waals surface area contributed by atoms with E-state index in [1.807, 2.05) is 58.0 Å². The minimum atomic E-state index is -0.572. The lowest BCUT2D eigenvalue weighted by molar-refractivity contribution is 0.0547. The molecule has 0 N–H and O–H groups in total. The minimum Gasteiger partial charge on any atom is -0.443 e. The van der Waals surface area contributed by atoms with Crippen molar-refractivity contribution in [3.8, 4) is 11.4 Å². The van der Waals surface area contributed by atoms with Crippen molar-refractivity contribution in [2.75, 3.05) is 0 Å². The zero-order chi connectivity index (χ0) is 16.6. The molecule has 23 heavy (non-hydrogen) atoms. The van der Waals surface area contributed by atoms with Gasteiger partial charge in [0.1, 0.15) is 11.3 Å². The molecule has 3 rings (SSSR count). The summed E-state index contributed by atoms with van der Waals surface area (Å²) in [5.74, 6) is 0. The van der Waals surface area contributed by atoms with Crippen molar-refractivity contribution in [1.82, 2.24) is 14.5 Å². The first-order valence-corrected chi connectivity index (χ1v) is 7.48. The lowest BCUT2D eigenvalue weighted by Gasteiger charge is -2.21. The van der Waals surface area contributed by atoms with Crippen LogP contribution in [0.1, 0.15) is 26.5 Å². The van der Waals surface area contributed by atoms with Crippen LogP contribution < -0.4 is 0 Å². The average molecular weight is 309 g/mol. The predicted octanol–water partition coefficient (Wildman–Crippen LogP) is 4.19. The Balaban J connectivity index is 2.24. The molecule has 0 fully saturated rings. The summed E-state index contributed by atoms with van der Waals surface area (Å²) in [6.45, 7) is 7.43. The van der Waals surface area contributed by atoms with E-state index < -0.39 is 11.7 Å². The summed E-state index contributed by atoms with van der Waals surface area (Å²) in [5.41, 5.74) is 2.35. The van der Waals surface area contributed by atoms with Crippen molar-refractivity contribution >= 4 is 17.0 Å². The highest BCUT2D eigenvalue weighted by molar-refractivity contribution is 5.95. The monoisotopic (exact) mass is 309 g/mol. The maximum absolute atomic E-state index is 12.7. The van der Waals surface area contributed by atoms with Gasteiger partial charge in [-0.25, -0.2) is 9.36 Å². The first kappa shape index (κ1) is 15.2. The number of aryl methyl sites for hydroxylation is 1. The van der Waals surface area contributed by atoms with Gasteiger partial charge in [0.15, 0.2) is 0 Å². The molecule has 2 heterocycles. The number of carbonyl (C=O) groups is 1. The van der Waals surface area contributed by atoms with E-state index in [9.17, 15) is 4.79 Å². The third kappa shape index (κ3) is 2.95. The minimum absolute atomic E-state index is 0.418. The number of rotatable bonds is 1. The third-order valence-electron chi connectivity index (χ3n) is 3.41. The van der Waals surface area contributed by atoms with Crippen molar-refractivity contribution in [2.45, 2.75) is 33.3 Å². The highest BCUT2D eigenvalue weighted by Gasteiger charge is 2.23. The van der Waals surface area contributed by atoms with Crippen molar-refractivity contribution in [3.05, 3.63) is 48.4 Å². The molecular weight excluding hydrogens is 290 g/mol. The van der Waals surface area contributed by atoms with Gasteiger partial charge in [0, 0.05) is 17.8 Å². The van der Waals surface area contributed by atoms with Gasteiger partial charge >= 0.3 is 6.09 Å². The Morgan fingerprint density at radius 3 is 2.52 bits per heavy atom. The van der Waals surface area contributed by atoms with Gasteiger partial charge in [0.25, 0.3) is 0 Å². The van der Waals surface area contributed by atoms with Crippen LogP contribution in [-0.4, -0.2) is 26.2 Å². The molecule has 3 aromatic rings. The van der Waals surface area contributed by atoms with Crippen molar-refractivity contribution in [3.63, 3.8) is 0 Å². The van der Waals surface area contributed by atoms with Crippen LogP contribution in [0.3, 0.4) is 0 Å². The van der Waals surface area contributed by atoms with Crippen LogP contribution in [0.4, 0.5) is 4.79 Å². The highest BCUT2D eigenvalue weighted by Crippen LogP contribution is 2.29. The number of hydrogen-bond acceptors (Lipinski definition) is 4. The molecule has 0 unspecified atom stereocenters. The summed E-state index contributed by atoms with van der Waals surface area (Å²) < 4.78 is 7.14. The quantitative estimate of drug-likeness (QED) is 0.676. The van der Waals surface area contributed by atoms with E-state index in [4.69, 9.17) is 4.74 Å². The Morgan fingerprint density at radius 1 is 1.13 bits per heavy atom. The highest BCUT2D eigenvalue weighted by atomic mass is 16.6. The molecule has 5 heteroatoms. The van der Waals surface area contributed by atoms with E-state index in [1.165, 1.54) is 0 Å². The van der Waals surface area contributed by atoms with Gasteiger partial charge in [-0.15, -0.1) is 0 Å². The van der Waals surface area contributed by atoms with Crippen LogP contribution in [0.5, 0.6) is 0 Å². The molecule has 0 aliphatic rings. The fourth-order valence-electron chi connectivity index (χ4n) is 2.49. The van der Waals surface area contributed by atoms with Crippen LogP contribution >= 0.6 is 0 Å². The van der Waals surface area contributed by atoms with E-state index in [0.717, 1.165) is 16.6 Å². The molecule has 1 aromatic carbocycles. The largest absolute Gasteiger partial charge is 0.443 e. The molecule has 0 aliphatic carbocycles. The fraction of sp³-hybridized carbons (Fsp3) is 0.278. The first-order chi connectivity index (χ1) is 10.9. The third-order valence-corrected chi connectivity index (χ3v) is 3.41. The van der Waals surface area contributed by atoms with E-state index in [1.54, 1.807) is 17.0 Å². The van der Waals surface area contributed by atoms with Gasteiger partial charge < -0.3 is 4.74 Å². The summed E-state index contributed by atoms with van der Waals surface area (Å²) in [7, 11) is 0. The Labute approximate surface area is 134 Å². The maximum atomic E-state index is 12.7. The summed E-state index contributed by atoms with van der Waals surface area (Å²) >= 11 is 0. The SMILES string of the molecule is Cc1nccnc1-c1cc2ccccc2n1C(=O)OC(C)(C)C. The summed E-state index contributed by atoms with van der Waals surface area (Å²) in [6, 6.07) is 9.64. The second kappa shape index (κ2) is 5.50. The number of fused-ring (bicyclic) bond motifs is 1. The number of ether oxygens (including phenoxy) is 1. The van der Waals surface area contributed by atoms with Gasteiger partial charge in [-0.1, -0.05) is 18.2 Å². The molecule has 0 aliphatic heterocycles. The second-order valence-corrected chi connectivity index (χ2v) is 6.39. The Kier molecular flexibility index (Phi) is 3.64. The molecule has 0 atom stereocenters. The van der Waals surface area contributed by atoms with Gasteiger partial charge in [0.2, 0.25) is 0 Å². The lowest BCUT2D eigenvalue weighted by atomic mass is 10.2. The summed E-state index contributed by atoms with van der Waals surface area (Å²) in [4.78, 5) is 21.4. The summed E-state index contributed by atoms with van der Waals surface area (Å²) in [5, 5.41) is 0.957.